The van der Waals surface area contributed by atoms with Gasteiger partial charge < -0.3 is 15.6 Å². The molecule has 1 heterocycles. The van der Waals surface area contributed by atoms with Crippen LogP contribution in [0.15, 0.2) is 53.0 Å². The molecule has 1 aromatic heterocycles. The summed E-state index contributed by atoms with van der Waals surface area (Å²) in [6.07, 6.45) is 0. The Morgan fingerprint density at radius 1 is 1.07 bits per heavy atom. The molecule has 0 unspecified atom stereocenters. The fourth-order valence-electron chi connectivity index (χ4n) is 3.00. The molecule has 0 radical (unpaired) electrons. The van der Waals surface area contributed by atoms with Gasteiger partial charge in [-0.15, -0.1) is 0 Å². The molecule has 0 saturated heterocycles. The number of hydrogen-bond acceptors (Lipinski definition) is 2. The van der Waals surface area contributed by atoms with Gasteiger partial charge in [-0.3, -0.25) is 9.59 Å². The highest BCUT2D eigenvalue weighted by molar-refractivity contribution is 9.10. The Labute approximate surface area is 164 Å². The van der Waals surface area contributed by atoms with Crippen molar-refractivity contribution >= 4 is 33.4 Å². The van der Waals surface area contributed by atoms with Crippen LogP contribution in [0.3, 0.4) is 0 Å². The van der Waals surface area contributed by atoms with Crippen LogP contribution in [0.1, 0.15) is 32.1 Å². The predicted octanol–water partition coefficient (Wildman–Crippen LogP) is 4.35. The number of hydrogen-bond donors (Lipinski definition) is 2. The van der Waals surface area contributed by atoms with Crippen molar-refractivity contribution < 1.29 is 14.0 Å². The van der Waals surface area contributed by atoms with E-state index in [9.17, 15) is 14.0 Å². The Kier molecular flexibility index (Phi) is 5.14. The van der Waals surface area contributed by atoms with Crippen molar-refractivity contribution in [3.05, 3.63) is 81.3 Å². The van der Waals surface area contributed by atoms with Gasteiger partial charge in [-0.05, 0) is 56.3 Å². The molecule has 7 heteroatoms. The van der Waals surface area contributed by atoms with Crippen molar-refractivity contribution in [3.63, 3.8) is 0 Å². The fraction of sp³-hybridized carbons (Fsp3) is 0.100. The monoisotopic (exact) mass is 429 g/mol. The van der Waals surface area contributed by atoms with Crippen molar-refractivity contribution in [3.8, 4) is 5.69 Å². The van der Waals surface area contributed by atoms with E-state index in [-0.39, 0.29) is 11.5 Å². The number of aryl methyl sites for hydroxylation is 1. The number of primary amides is 1. The minimum absolute atomic E-state index is 0.271. The molecule has 0 saturated carbocycles. The number of nitrogens with two attached hydrogens (primary N) is 1. The van der Waals surface area contributed by atoms with Crippen molar-refractivity contribution in [2.24, 2.45) is 5.73 Å². The quantitative estimate of drug-likeness (QED) is 0.646. The van der Waals surface area contributed by atoms with Gasteiger partial charge in [0.1, 0.15) is 5.82 Å². The zero-order valence-corrected chi connectivity index (χ0v) is 16.3. The van der Waals surface area contributed by atoms with Crippen LogP contribution in [0.2, 0.25) is 0 Å². The molecule has 27 heavy (non-hydrogen) atoms. The number of carbonyl (C=O) groups excluding carboxylic acids is 2. The largest absolute Gasteiger partial charge is 0.366 e. The normalized spacial score (nSPS) is 10.7. The molecule has 3 aromatic rings. The van der Waals surface area contributed by atoms with Gasteiger partial charge in [0.2, 0.25) is 0 Å². The van der Waals surface area contributed by atoms with Gasteiger partial charge >= 0.3 is 0 Å². The summed E-state index contributed by atoms with van der Waals surface area (Å²) in [6, 6.07) is 13.2. The highest BCUT2D eigenvalue weighted by Gasteiger charge is 2.18. The zero-order chi connectivity index (χ0) is 19.7. The van der Waals surface area contributed by atoms with E-state index in [1.54, 1.807) is 6.07 Å². The zero-order valence-electron chi connectivity index (χ0n) is 14.7. The standard InChI is InChI=1S/C20H17BrFN3O2/c1-11-8-16(12(2)25(11)15-5-3-4-13(21)9-15)20(27)24-14-6-7-18(22)17(10-14)19(23)26/h3-10H,1-2H3,(H2,23,26)(H,24,27). The van der Waals surface area contributed by atoms with E-state index >= 15 is 0 Å². The molecular weight excluding hydrogens is 413 g/mol. The van der Waals surface area contributed by atoms with Crippen LogP contribution >= 0.6 is 15.9 Å². The first-order valence-corrected chi connectivity index (χ1v) is 8.93. The Hall–Kier alpha value is -2.93. The van der Waals surface area contributed by atoms with Crippen LogP contribution in [-0.2, 0) is 0 Å². The van der Waals surface area contributed by atoms with E-state index in [0.29, 0.717) is 11.3 Å². The average Bonchev–Trinajstić information content (AvgIpc) is 2.91. The van der Waals surface area contributed by atoms with Crippen molar-refractivity contribution in [1.29, 1.82) is 0 Å². The van der Waals surface area contributed by atoms with Crippen LogP contribution in [0.4, 0.5) is 10.1 Å². The average molecular weight is 430 g/mol. The molecular formula is C20H17BrFN3O2. The molecule has 0 atom stereocenters. The number of nitrogens with zero attached hydrogens (tertiary/aromatic N) is 1. The van der Waals surface area contributed by atoms with E-state index in [1.165, 1.54) is 12.1 Å². The number of halogens is 2. The summed E-state index contributed by atoms with van der Waals surface area (Å²) in [7, 11) is 0. The molecule has 0 aliphatic carbocycles. The lowest BCUT2D eigenvalue weighted by Crippen LogP contribution is -2.16. The van der Waals surface area contributed by atoms with Crippen LogP contribution < -0.4 is 11.1 Å². The van der Waals surface area contributed by atoms with Crippen LogP contribution in [0.25, 0.3) is 5.69 Å². The van der Waals surface area contributed by atoms with Gasteiger partial charge in [-0.25, -0.2) is 4.39 Å². The smallest absolute Gasteiger partial charge is 0.257 e. The lowest BCUT2D eigenvalue weighted by Gasteiger charge is -2.11. The Balaban J connectivity index is 1.94. The van der Waals surface area contributed by atoms with Gasteiger partial charge in [-0.1, -0.05) is 22.0 Å². The van der Waals surface area contributed by atoms with E-state index in [1.807, 2.05) is 42.7 Å². The molecule has 0 bridgehead atoms. The summed E-state index contributed by atoms with van der Waals surface area (Å²) in [4.78, 5) is 24.0. The third-order valence-electron chi connectivity index (χ3n) is 4.23. The SMILES string of the molecule is Cc1cc(C(=O)Nc2ccc(F)c(C(N)=O)c2)c(C)n1-c1cccc(Br)c1. The highest BCUT2D eigenvalue weighted by Crippen LogP contribution is 2.24. The summed E-state index contributed by atoms with van der Waals surface area (Å²) < 4.78 is 16.5. The Bertz CT molecular complexity index is 1060. The van der Waals surface area contributed by atoms with E-state index < -0.39 is 11.7 Å². The van der Waals surface area contributed by atoms with Gasteiger partial charge in [0, 0.05) is 27.2 Å². The molecule has 2 amide bonds. The lowest BCUT2D eigenvalue weighted by molar-refractivity contribution is 0.0992. The first kappa shape index (κ1) is 18.8. The summed E-state index contributed by atoms with van der Waals surface area (Å²) in [6.45, 7) is 3.76. The topological polar surface area (TPSA) is 77.1 Å². The molecule has 0 aliphatic heterocycles. The maximum absolute atomic E-state index is 13.6. The van der Waals surface area contributed by atoms with Crippen molar-refractivity contribution in [2.75, 3.05) is 5.32 Å². The molecule has 0 fully saturated rings. The number of nitrogens with one attached hydrogen (secondary N) is 1. The van der Waals surface area contributed by atoms with E-state index in [2.05, 4.69) is 21.2 Å². The predicted molar refractivity (Wildman–Crippen MR) is 106 cm³/mol. The van der Waals surface area contributed by atoms with Gasteiger partial charge in [0.15, 0.2) is 0 Å². The molecule has 0 spiro atoms. The summed E-state index contributed by atoms with van der Waals surface area (Å²) >= 11 is 3.45. The maximum Gasteiger partial charge on any atom is 0.257 e. The van der Waals surface area contributed by atoms with Gasteiger partial charge in [0.25, 0.3) is 11.8 Å². The summed E-state index contributed by atoms with van der Waals surface area (Å²) in [5.74, 6) is -1.98. The van der Waals surface area contributed by atoms with Crippen molar-refractivity contribution in [2.45, 2.75) is 13.8 Å². The molecule has 5 nitrogen and oxygen atoms in total. The number of amides is 2. The van der Waals surface area contributed by atoms with E-state index in [4.69, 9.17) is 5.73 Å². The third-order valence-corrected chi connectivity index (χ3v) is 4.73. The molecule has 0 aliphatic rings. The van der Waals surface area contributed by atoms with Crippen LogP contribution in [0.5, 0.6) is 0 Å². The highest BCUT2D eigenvalue weighted by atomic mass is 79.9. The Morgan fingerprint density at radius 2 is 1.81 bits per heavy atom. The Morgan fingerprint density at radius 3 is 2.48 bits per heavy atom. The van der Waals surface area contributed by atoms with Crippen molar-refractivity contribution in [1.82, 2.24) is 4.57 Å². The molecule has 138 valence electrons. The second-order valence-corrected chi connectivity index (χ2v) is 7.03. The van der Waals surface area contributed by atoms with Crippen LogP contribution in [0, 0.1) is 19.7 Å². The number of benzene rings is 2. The maximum atomic E-state index is 13.6. The molecule has 3 rings (SSSR count). The molecule has 3 N–H and O–H groups in total. The first-order chi connectivity index (χ1) is 12.8. The third kappa shape index (κ3) is 3.78. The van der Waals surface area contributed by atoms with Gasteiger partial charge in [-0.2, -0.15) is 0 Å². The molecule has 2 aromatic carbocycles. The number of rotatable bonds is 4. The number of carbonyl (C=O) groups is 2. The first-order valence-electron chi connectivity index (χ1n) is 8.13. The number of anilines is 1. The second kappa shape index (κ2) is 7.36. The van der Waals surface area contributed by atoms with E-state index in [0.717, 1.165) is 27.6 Å². The summed E-state index contributed by atoms with van der Waals surface area (Å²) in [5, 5.41) is 2.69. The lowest BCUT2D eigenvalue weighted by atomic mass is 10.1. The summed E-state index contributed by atoms with van der Waals surface area (Å²) in [5.41, 5.74) is 8.24. The van der Waals surface area contributed by atoms with Gasteiger partial charge in [0.05, 0.1) is 11.1 Å². The second-order valence-electron chi connectivity index (χ2n) is 6.11. The fourth-order valence-corrected chi connectivity index (χ4v) is 3.38. The number of aromatic nitrogens is 1. The minimum atomic E-state index is -0.892. The minimum Gasteiger partial charge on any atom is -0.366 e. The van der Waals surface area contributed by atoms with Crippen LogP contribution in [-0.4, -0.2) is 16.4 Å².